The first-order chi connectivity index (χ1) is 16.0. The molecule has 0 aliphatic carbocycles. The van der Waals surface area contributed by atoms with Gasteiger partial charge in [0.05, 0.1) is 30.6 Å². The van der Waals surface area contributed by atoms with Gasteiger partial charge in [0, 0.05) is 27.6 Å². The predicted molar refractivity (Wildman–Crippen MR) is 130 cm³/mol. The van der Waals surface area contributed by atoms with E-state index in [1.807, 2.05) is 68.4 Å². The lowest BCUT2D eigenvalue weighted by molar-refractivity contribution is 0.102. The van der Waals surface area contributed by atoms with Crippen LogP contribution in [0.2, 0.25) is 5.02 Å². The fraction of sp³-hybridized carbons (Fsp3) is 0.154. The first kappa shape index (κ1) is 21.1. The fourth-order valence-corrected chi connectivity index (χ4v) is 4.37. The van der Waals surface area contributed by atoms with Gasteiger partial charge in [-0.3, -0.25) is 9.48 Å². The monoisotopic (exact) mass is 459 g/mol. The zero-order valence-corrected chi connectivity index (χ0v) is 19.2. The van der Waals surface area contributed by atoms with Gasteiger partial charge >= 0.3 is 0 Å². The van der Waals surface area contributed by atoms with Crippen LogP contribution in [-0.4, -0.2) is 22.8 Å². The van der Waals surface area contributed by atoms with Gasteiger partial charge in [0.1, 0.15) is 16.9 Å². The Kier molecular flexibility index (Phi) is 5.30. The van der Waals surface area contributed by atoms with Crippen LogP contribution >= 0.6 is 11.6 Å². The molecule has 0 spiro atoms. The van der Waals surface area contributed by atoms with Crippen molar-refractivity contribution in [1.82, 2.24) is 9.78 Å². The smallest absolute Gasteiger partial charge is 0.259 e. The maximum atomic E-state index is 13.3. The largest absolute Gasteiger partial charge is 0.495 e. The van der Waals surface area contributed by atoms with Crippen LogP contribution in [0.5, 0.6) is 5.75 Å². The molecule has 0 unspecified atom stereocenters. The zero-order valence-electron chi connectivity index (χ0n) is 18.5. The fourth-order valence-electron chi connectivity index (χ4n) is 4.17. The molecular weight excluding hydrogens is 438 g/mol. The van der Waals surface area contributed by atoms with Crippen molar-refractivity contribution in [3.8, 4) is 5.75 Å². The lowest BCUT2D eigenvalue weighted by Gasteiger charge is -2.11. The maximum Gasteiger partial charge on any atom is 0.259 e. The molecule has 33 heavy (non-hydrogen) atoms. The van der Waals surface area contributed by atoms with Gasteiger partial charge in [-0.05, 0) is 37.6 Å². The number of amides is 1. The van der Waals surface area contributed by atoms with Gasteiger partial charge in [0.25, 0.3) is 5.91 Å². The number of carbonyl (C=O) groups is 1. The Morgan fingerprint density at radius 2 is 1.82 bits per heavy atom. The van der Waals surface area contributed by atoms with Crippen molar-refractivity contribution < 1.29 is 13.9 Å². The minimum Gasteiger partial charge on any atom is -0.495 e. The van der Waals surface area contributed by atoms with E-state index >= 15 is 0 Å². The van der Waals surface area contributed by atoms with Gasteiger partial charge in [-0.1, -0.05) is 48.0 Å². The number of aromatic nitrogens is 2. The molecule has 0 aliphatic rings. The second-order valence-corrected chi connectivity index (χ2v) is 8.30. The summed E-state index contributed by atoms with van der Waals surface area (Å²) in [6.07, 6.45) is 0. The molecule has 166 valence electrons. The number of nitrogens with zero attached hydrogens (tertiary/aromatic N) is 2. The van der Waals surface area contributed by atoms with Crippen LogP contribution in [0.3, 0.4) is 0 Å². The van der Waals surface area contributed by atoms with Gasteiger partial charge in [-0.25, -0.2) is 0 Å². The summed E-state index contributed by atoms with van der Waals surface area (Å²) in [4.78, 5) is 13.3. The molecular formula is C26H22ClN3O3. The molecule has 0 atom stereocenters. The number of anilines is 1. The summed E-state index contributed by atoms with van der Waals surface area (Å²) in [5.41, 5.74) is 4.85. The summed E-state index contributed by atoms with van der Waals surface area (Å²) in [6.45, 7) is 4.18. The number of methoxy groups -OCH3 is 1. The van der Waals surface area contributed by atoms with Crippen molar-refractivity contribution in [2.24, 2.45) is 0 Å². The van der Waals surface area contributed by atoms with Crippen LogP contribution in [0.4, 0.5) is 5.69 Å². The van der Waals surface area contributed by atoms with Gasteiger partial charge in [-0.15, -0.1) is 0 Å². The Morgan fingerprint density at radius 1 is 1.06 bits per heavy atom. The summed E-state index contributed by atoms with van der Waals surface area (Å²) in [7, 11) is 1.58. The van der Waals surface area contributed by atoms with E-state index in [2.05, 4.69) is 10.4 Å². The Morgan fingerprint density at radius 3 is 2.61 bits per heavy atom. The Balaban J connectivity index is 1.49. The highest BCUT2D eigenvalue weighted by molar-refractivity contribution is 6.31. The molecule has 0 radical (unpaired) electrons. The topological polar surface area (TPSA) is 69.3 Å². The van der Waals surface area contributed by atoms with Crippen molar-refractivity contribution in [2.75, 3.05) is 12.4 Å². The molecule has 1 N–H and O–H groups in total. The van der Waals surface area contributed by atoms with Crippen LogP contribution in [0.25, 0.3) is 21.9 Å². The molecule has 2 heterocycles. The number of fused-ring (bicyclic) bond motifs is 3. The number of furan rings is 1. The summed E-state index contributed by atoms with van der Waals surface area (Å²) in [5, 5.41) is 10.2. The third-order valence-corrected chi connectivity index (χ3v) is 6.20. The van der Waals surface area contributed by atoms with E-state index in [9.17, 15) is 4.79 Å². The number of carbonyl (C=O) groups excluding carboxylic acids is 1. The van der Waals surface area contributed by atoms with E-state index in [-0.39, 0.29) is 5.91 Å². The minimum atomic E-state index is -0.260. The normalized spacial score (nSPS) is 11.3. The number of halogens is 1. The van der Waals surface area contributed by atoms with Crippen LogP contribution in [0, 0.1) is 13.8 Å². The number of rotatable bonds is 5. The molecule has 0 saturated heterocycles. The highest BCUT2D eigenvalue weighted by Gasteiger charge is 2.21. The number of benzene rings is 3. The quantitative estimate of drug-likeness (QED) is 0.332. The van der Waals surface area contributed by atoms with Crippen molar-refractivity contribution in [3.05, 3.63) is 88.2 Å². The zero-order chi connectivity index (χ0) is 23.1. The maximum absolute atomic E-state index is 13.3. The van der Waals surface area contributed by atoms with Crippen molar-refractivity contribution >= 4 is 45.1 Å². The molecule has 1 amide bonds. The van der Waals surface area contributed by atoms with E-state index in [1.165, 1.54) is 0 Å². The molecule has 0 aliphatic heterocycles. The molecule has 0 saturated carbocycles. The van der Waals surface area contributed by atoms with Crippen molar-refractivity contribution in [1.29, 1.82) is 0 Å². The van der Waals surface area contributed by atoms with Gasteiger partial charge in [0.2, 0.25) is 0 Å². The van der Waals surface area contributed by atoms with Crippen molar-refractivity contribution in [3.63, 3.8) is 0 Å². The average molecular weight is 460 g/mol. The number of hydrogen-bond donors (Lipinski definition) is 1. The molecule has 5 aromatic rings. The summed E-state index contributed by atoms with van der Waals surface area (Å²) in [5.74, 6) is 0.297. The second-order valence-electron chi connectivity index (χ2n) is 7.90. The van der Waals surface area contributed by atoms with E-state index in [1.54, 1.807) is 17.9 Å². The number of hydrogen-bond acceptors (Lipinski definition) is 4. The highest BCUT2D eigenvalue weighted by Crippen LogP contribution is 2.36. The van der Waals surface area contributed by atoms with Crippen molar-refractivity contribution in [2.45, 2.75) is 20.4 Å². The molecule has 0 fully saturated rings. The minimum absolute atomic E-state index is 0.260. The standard InChI is InChI=1S/C26H22ClN3O3/c1-15-25(16(2)30(29-15)14-17-8-4-6-10-20(17)27)26(31)28-21-13-23-19(12-24(21)32-3)18-9-5-7-11-22(18)33-23/h4-13H,14H2,1-3H3,(H,28,31). The Labute approximate surface area is 195 Å². The van der Waals surface area contributed by atoms with Crippen LogP contribution in [0.1, 0.15) is 27.3 Å². The van der Waals surface area contributed by atoms with Gasteiger partial charge in [-0.2, -0.15) is 5.10 Å². The Bertz CT molecular complexity index is 1520. The van der Waals surface area contributed by atoms with E-state index < -0.39 is 0 Å². The van der Waals surface area contributed by atoms with Gasteiger partial charge in [0.15, 0.2) is 0 Å². The van der Waals surface area contributed by atoms with Crippen LogP contribution in [-0.2, 0) is 6.54 Å². The molecule has 7 heteroatoms. The lowest BCUT2D eigenvalue weighted by Crippen LogP contribution is -2.15. The third-order valence-electron chi connectivity index (χ3n) is 5.83. The summed E-state index contributed by atoms with van der Waals surface area (Å²) < 4.78 is 13.3. The van der Waals surface area contributed by atoms with E-state index in [0.29, 0.717) is 39.8 Å². The first-order valence-electron chi connectivity index (χ1n) is 10.5. The molecule has 2 aromatic heterocycles. The van der Waals surface area contributed by atoms with E-state index in [4.69, 9.17) is 20.8 Å². The van der Waals surface area contributed by atoms with Crippen LogP contribution in [0.15, 0.2) is 65.1 Å². The molecule has 3 aromatic carbocycles. The number of aryl methyl sites for hydroxylation is 1. The number of ether oxygens (including phenoxy) is 1. The Hall–Kier alpha value is -3.77. The highest BCUT2D eigenvalue weighted by atomic mass is 35.5. The number of nitrogens with one attached hydrogen (secondary N) is 1. The predicted octanol–water partition coefficient (Wildman–Crippen LogP) is 6.36. The van der Waals surface area contributed by atoms with Crippen LogP contribution < -0.4 is 10.1 Å². The summed E-state index contributed by atoms with van der Waals surface area (Å²) >= 11 is 6.31. The SMILES string of the molecule is COc1cc2c(cc1NC(=O)c1c(C)nn(Cc3ccccc3Cl)c1C)oc1ccccc12. The number of para-hydroxylation sites is 1. The second kappa shape index (κ2) is 8.30. The van der Waals surface area contributed by atoms with E-state index in [0.717, 1.165) is 27.6 Å². The lowest BCUT2D eigenvalue weighted by atomic mass is 10.1. The third kappa shape index (κ3) is 3.72. The summed E-state index contributed by atoms with van der Waals surface area (Å²) in [6, 6.07) is 19.1. The van der Waals surface area contributed by atoms with Gasteiger partial charge < -0.3 is 14.5 Å². The molecule has 0 bridgehead atoms. The average Bonchev–Trinajstić information content (AvgIpc) is 3.30. The molecule has 5 rings (SSSR count). The first-order valence-corrected chi connectivity index (χ1v) is 10.9. The molecule has 6 nitrogen and oxygen atoms in total.